The summed E-state index contributed by atoms with van der Waals surface area (Å²) in [4.78, 5) is 36.7. The van der Waals surface area contributed by atoms with Crippen LogP contribution in [0.5, 0.6) is 0 Å². The van der Waals surface area contributed by atoms with Crippen LogP contribution in [-0.4, -0.2) is 19.9 Å². The Bertz CT molecular complexity index is 897. The summed E-state index contributed by atoms with van der Waals surface area (Å²) >= 11 is 0. The molecule has 0 radical (unpaired) electrons. The first-order chi connectivity index (χ1) is 9.61. The van der Waals surface area contributed by atoms with Crippen molar-refractivity contribution in [2.45, 2.75) is 6.92 Å². The number of aromatic nitrogens is 4. The topological polar surface area (TPSA) is 104 Å². The Morgan fingerprint density at radius 1 is 1.05 bits per heavy atom. The number of H-pyrrole nitrogens is 2. The van der Waals surface area contributed by atoms with Crippen molar-refractivity contribution in [1.29, 1.82) is 0 Å². The fourth-order valence-electron chi connectivity index (χ4n) is 1.90. The minimum absolute atomic E-state index is 0.224. The van der Waals surface area contributed by atoms with Crippen molar-refractivity contribution in [1.82, 2.24) is 19.9 Å². The Morgan fingerprint density at radius 3 is 2.60 bits per heavy atom. The van der Waals surface area contributed by atoms with E-state index >= 15 is 0 Å². The van der Waals surface area contributed by atoms with Gasteiger partial charge in [0.15, 0.2) is 0 Å². The van der Waals surface area contributed by atoms with Crippen molar-refractivity contribution in [3.8, 4) is 0 Å². The van der Waals surface area contributed by atoms with Gasteiger partial charge in [0.2, 0.25) is 11.9 Å². The van der Waals surface area contributed by atoms with E-state index in [1.165, 1.54) is 6.07 Å². The zero-order valence-electron chi connectivity index (χ0n) is 10.6. The quantitative estimate of drug-likeness (QED) is 0.645. The summed E-state index contributed by atoms with van der Waals surface area (Å²) in [5.41, 5.74) is 0.601. The molecule has 100 valence electrons. The van der Waals surface area contributed by atoms with Crippen molar-refractivity contribution in [2.75, 3.05) is 5.32 Å². The smallest absolute Gasteiger partial charge is 0.260 e. The number of fused-ring (bicyclic) bond motifs is 1. The summed E-state index contributed by atoms with van der Waals surface area (Å²) in [5.74, 6) is 0.455. The van der Waals surface area contributed by atoms with Crippen LogP contribution in [0.15, 0.2) is 39.9 Å². The minimum atomic E-state index is -0.275. The predicted octanol–water partition coefficient (Wildman–Crippen LogP) is 1.06. The van der Waals surface area contributed by atoms with Gasteiger partial charge >= 0.3 is 0 Å². The van der Waals surface area contributed by atoms with Gasteiger partial charge in [-0.15, -0.1) is 0 Å². The second kappa shape index (κ2) is 4.61. The number of nitrogens with one attached hydrogen (secondary N) is 3. The lowest BCUT2D eigenvalue weighted by atomic mass is 10.2. The van der Waals surface area contributed by atoms with Gasteiger partial charge in [-0.1, -0.05) is 12.1 Å². The largest absolute Gasteiger partial charge is 0.296 e. The molecule has 0 aliphatic rings. The number of benzene rings is 1. The monoisotopic (exact) mass is 269 g/mol. The molecular weight excluding hydrogens is 258 g/mol. The van der Waals surface area contributed by atoms with E-state index in [0.717, 1.165) is 0 Å². The van der Waals surface area contributed by atoms with Crippen LogP contribution < -0.4 is 16.4 Å². The molecule has 20 heavy (non-hydrogen) atoms. The highest BCUT2D eigenvalue weighted by molar-refractivity contribution is 5.78. The van der Waals surface area contributed by atoms with Crippen molar-refractivity contribution in [3.63, 3.8) is 0 Å². The van der Waals surface area contributed by atoms with Crippen LogP contribution in [-0.2, 0) is 0 Å². The Balaban J connectivity index is 2.07. The van der Waals surface area contributed by atoms with E-state index in [0.29, 0.717) is 16.6 Å². The summed E-state index contributed by atoms with van der Waals surface area (Å²) in [6.45, 7) is 1.71. The molecule has 0 aliphatic carbocycles. The Labute approximate surface area is 112 Å². The third-order valence-corrected chi connectivity index (χ3v) is 2.72. The van der Waals surface area contributed by atoms with Crippen LogP contribution in [0.25, 0.3) is 10.9 Å². The van der Waals surface area contributed by atoms with Crippen LogP contribution >= 0.6 is 0 Å². The number of para-hydroxylation sites is 1. The zero-order valence-corrected chi connectivity index (χ0v) is 10.6. The SMILES string of the molecule is Cc1cc(=O)[nH]c(Nc2nc3ccccc3c(=O)[nH]2)n1. The first-order valence-corrected chi connectivity index (χ1v) is 5.96. The highest BCUT2D eigenvalue weighted by Crippen LogP contribution is 2.10. The lowest BCUT2D eigenvalue weighted by molar-refractivity contribution is 1.05. The molecule has 3 N–H and O–H groups in total. The lowest BCUT2D eigenvalue weighted by Crippen LogP contribution is -2.15. The summed E-state index contributed by atoms with van der Waals surface area (Å²) in [6, 6.07) is 8.37. The van der Waals surface area contributed by atoms with E-state index in [2.05, 4.69) is 25.3 Å². The number of nitrogens with zero attached hydrogens (tertiary/aromatic N) is 2. The van der Waals surface area contributed by atoms with E-state index < -0.39 is 0 Å². The van der Waals surface area contributed by atoms with Gasteiger partial charge in [0.05, 0.1) is 10.9 Å². The predicted molar refractivity (Wildman–Crippen MR) is 75.2 cm³/mol. The molecule has 1 aromatic carbocycles. The van der Waals surface area contributed by atoms with E-state index in [-0.39, 0.29) is 23.0 Å². The number of aromatic amines is 2. The average molecular weight is 269 g/mol. The normalized spacial score (nSPS) is 10.7. The van der Waals surface area contributed by atoms with Crippen LogP contribution in [0, 0.1) is 6.92 Å². The molecule has 2 aromatic heterocycles. The van der Waals surface area contributed by atoms with Crippen molar-refractivity contribution < 1.29 is 0 Å². The van der Waals surface area contributed by atoms with Gasteiger partial charge < -0.3 is 0 Å². The van der Waals surface area contributed by atoms with Crippen LogP contribution in [0.2, 0.25) is 0 Å². The van der Waals surface area contributed by atoms with E-state index in [4.69, 9.17) is 0 Å². The van der Waals surface area contributed by atoms with Gasteiger partial charge in [-0.2, -0.15) is 0 Å². The summed E-state index contributed by atoms with van der Waals surface area (Å²) in [5, 5.41) is 3.29. The Morgan fingerprint density at radius 2 is 1.80 bits per heavy atom. The summed E-state index contributed by atoms with van der Waals surface area (Å²) in [7, 11) is 0. The van der Waals surface area contributed by atoms with Gasteiger partial charge in [0.1, 0.15) is 0 Å². The molecular formula is C13H11N5O2. The van der Waals surface area contributed by atoms with Crippen molar-refractivity contribution >= 4 is 22.8 Å². The van der Waals surface area contributed by atoms with E-state index in [1.807, 2.05) is 0 Å². The standard InChI is InChI=1S/C13H11N5O2/c1-7-6-10(19)16-12(14-7)18-13-15-9-5-3-2-4-8(9)11(20)17-13/h2-6H,1H3,(H3,14,15,16,17,18,19,20). The average Bonchev–Trinajstić information content (AvgIpc) is 2.37. The molecule has 0 amide bonds. The molecule has 0 unspecified atom stereocenters. The van der Waals surface area contributed by atoms with Crippen LogP contribution in [0.1, 0.15) is 5.69 Å². The van der Waals surface area contributed by atoms with Gasteiger partial charge in [-0.25, -0.2) is 9.97 Å². The summed E-state index contributed by atoms with van der Waals surface area (Å²) < 4.78 is 0. The first kappa shape index (κ1) is 12.1. The molecule has 0 fully saturated rings. The Kier molecular flexibility index (Phi) is 2.79. The maximum Gasteiger partial charge on any atom is 0.260 e. The molecule has 2 heterocycles. The van der Waals surface area contributed by atoms with Gasteiger partial charge in [0.25, 0.3) is 11.1 Å². The third-order valence-electron chi connectivity index (χ3n) is 2.72. The number of anilines is 2. The molecule has 0 spiro atoms. The number of rotatable bonds is 2. The van der Waals surface area contributed by atoms with Crippen LogP contribution in [0.4, 0.5) is 11.9 Å². The molecule has 7 heteroatoms. The van der Waals surface area contributed by atoms with Crippen molar-refractivity contribution in [2.24, 2.45) is 0 Å². The van der Waals surface area contributed by atoms with Gasteiger partial charge in [-0.05, 0) is 19.1 Å². The Hall–Kier alpha value is -2.96. The zero-order chi connectivity index (χ0) is 14.1. The number of hydrogen-bond acceptors (Lipinski definition) is 5. The number of hydrogen-bond donors (Lipinski definition) is 3. The first-order valence-electron chi connectivity index (χ1n) is 5.96. The molecule has 0 atom stereocenters. The highest BCUT2D eigenvalue weighted by atomic mass is 16.1. The summed E-state index contributed by atoms with van der Waals surface area (Å²) in [6.07, 6.45) is 0. The molecule has 0 bridgehead atoms. The van der Waals surface area contributed by atoms with Gasteiger partial charge in [0, 0.05) is 11.8 Å². The molecule has 0 saturated carbocycles. The molecule has 0 saturated heterocycles. The van der Waals surface area contributed by atoms with Crippen molar-refractivity contribution in [3.05, 3.63) is 56.7 Å². The molecule has 0 aliphatic heterocycles. The van der Waals surface area contributed by atoms with Crippen LogP contribution in [0.3, 0.4) is 0 Å². The lowest BCUT2D eigenvalue weighted by Gasteiger charge is -2.05. The highest BCUT2D eigenvalue weighted by Gasteiger charge is 2.05. The fourth-order valence-corrected chi connectivity index (χ4v) is 1.90. The van der Waals surface area contributed by atoms with Gasteiger partial charge in [-0.3, -0.25) is 24.9 Å². The molecule has 3 rings (SSSR count). The fraction of sp³-hybridized carbons (Fsp3) is 0.0769. The molecule has 7 nitrogen and oxygen atoms in total. The van der Waals surface area contributed by atoms with E-state index in [1.54, 1.807) is 31.2 Å². The second-order valence-electron chi connectivity index (χ2n) is 4.29. The number of aryl methyl sites for hydroxylation is 1. The van der Waals surface area contributed by atoms with E-state index in [9.17, 15) is 9.59 Å². The maximum atomic E-state index is 11.9. The molecule has 3 aromatic rings. The minimum Gasteiger partial charge on any atom is -0.296 e. The maximum absolute atomic E-state index is 11.9. The third kappa shape index (κ3) is 2.28. The second-order valence-corrected chi connectivity index (χ2v) is 4.29.